The molecule has 0 saturated heterocycles. The van der Waals surface area contributed by atoms with Gasteiger partial charge in [-0.2, -0.15) is 0 Å². The minimum Gasteiger partial charge on any atom is -0.494 e. The number of halogens is 2. The summed E-state index contributed by atoms with van der Waals surface area (Å²) in [5.41, 5.74) is 7.00. The van der Waals surface area contributed by atoms with Crippen LogP contribution in [0.25, 0.3) is 0 Å². The maximum Gasteiger partial charge on any atom is 0.181 e. The van der Waals surface area contributed by atoms with Gasteiger partial charge in [0.2, 0.25) is 0 Å². The maximum absolute atomic E-state index is 13.6. The van der Waals surface area contributed by atoms with Gasteiger partial charge < -0.3 is 10.5 Å². The summed E-state index contributed by atoms with van der Waals surface area (Å²) in [6.45, 7) is 6.05. The van der Waals surface area contributed by atoms with E-state index >= 15 is 0 Å². The number of nitrogen functional groups attached to an aromatic ring is 1. The van der Waals surface area contributed by atoms with Crippen LogP contribution in [-0.4, -0.2) is 7.11 Å². The smallest absolute Gasteiger partial charge is 0.181 e. The average molecular weight is 276 g/mol. The van der Waals surface area contributed by atoms with Gasteiger partial charge in [-0.25, -0.2) is 4.39 Å². The highest BCUT2D eigenvalue weighted by molar-refractivity contribution is 9.10. The van der Waals surface area contributed by atoms with E-state index in [-0.39, 0.29) is 15.6 Å². The van der Waals surface area contributed by atoms with Crippen molar-refractivity contribution in [1.29, 1.82) is 0 Å². The van der Waals surface area contributed by atoms with Crippen LogP contribution in [0.15, 0.2) is 10.5 Å². The highest BCUT2D eigenvalue weighted by Crippen LogP contribution is 2.38. The van der Waals surface area contributed by atoms with Crippen molar-refractivity contribution in [3.05, 3.63) is 21.9 Å². The lowest BCUT2D eigenvalue weighted by Crippen LogP contribution is -2.15. The third kappa shape index (κ3) is 2.25. The number of benzene rings is 1. The van der Waals surface area contributed by atoms with Gasteiger partial charge in [-0.3, -0.25) is 0 Å². The highest BCUT2D eigenvalue weighted by atomic mass is 79.9. The molecule has 2 N–H and O–H groups in total. The molecule has 0 fully saturated rings. The lowest BCUT2D eigenvalue weighted by molar-refractivity contribution is 0.383. The van der Waals surface area contributed by atoms with E-state index < -0.39 is 5.82 Å². The molecule has 0 aromatic heterocycles. The van der Waals surface area contributed by atoms with Crippen LogP contribution >= 0.6 is 15.9 Å². The molecule has 0 bridgehead atoms. The Bertz CT molecular complexity index is 385. The van der Waals surface area contributed by atoms with Gasteiger partial charge in [0.1, 0.15) is 0 Å². The topological polar surface area (TPSA) is 35.2 Å². The van der Waals surface area contributed by atoms with E-state index in [1.165, 1.54) is 7.11 Å². The molecule has 0 spiro atoms. The van der Waals surface area contributed by atoms with E-state index in [0.717, 1.165) is 5.56 Å². The number of ether oxygens (including phenoxy) is 1. The van der Waals surface area contributed by atoms with Gasteiger partial charge in [0.25, 0.3) is 0 Å². The molecule has 2 nitrogen and oxygen atoms in total. The van der Waals surface area contributed by atoms with Crippen molar-refractivity contribution in [3.8, 4) is 5.75 Å². The first-order chi connectivity index (χ1) is 6.79. The van der Waals surface area contributed by atoms with Crippen molar-refractivity contribution >= 4 is 21.6 Å². The number of rotatable bonds is 1. The fourth-order valence-corrected chi connectivity index (χ4v) is 1.79. The van der Waals surface area contributed by atoms with E-state index in [0.29, 0.717) is 5.69 Å². The molecular formula is C11H15BrFNO. The van der Waals surface area contributed by atoms with Crippen molar-refractivity contribution in [3.63, 3.8) is 0 Å². The number of hydrogen-bond donors (Lipinski definition) is 1. The normalized spacial score (nSPS) is 11.6. The second-order valence-electron chi connectivity index (χ2n) is 4.42. The molecule has 4 heteroatoms. The van der Waals surface area contributed by atoms with Crippen LogP contribution in [0, 0.1) is 5.82 Å². The molecule has 0 aliphatic rings. The maximum atomic E-state index is 13.6. The van der Waals surface area contributed by atoms with Gasteiger partial charge in [0, 0.05) is 0 Å². The first kappa shape index (κ1) is 12.3. The third-order valence-corrected chi connectivity index (χ3v) is 3.01. The van der Waals surface area contributed by atoms with Crippen LogP contribution in [0.3, 0.4) is 0 Å². The zero-order valence-electron chi connectivity index (χ0n) is 9.32. The Hall–Kier alpha value is -0.770. The molecule has 0 aliphatic heterocycles. The lowest BCUT2D eigenvalue weighted by Gasteiger charge is -2.23. The average Bonchev–Trinajstić information content (AvgIpc) is 2.13. The fraction of sp³-hybridized carbons (Fsp3) is 0.455. The van der Waals surface area contributed by atoms with E-state index in [1.807, 2.05) is 20.8 Å². The summed E-state index contributed by atoms with van der Waals surface area (Å²) in [5, 5.41) is 0. The molecular weight excluding hydrogens is 261 g/mol. The van der Waals surface area contributed by atoms with Crippen LogP contribution in [0.2, 0.25) is 0 Å². The Balaban J connectivity index is 3.49. The van der Waals surface area contributed by atoms with Crippen LogP contribution in [0.4, 0.5) is 10.1 Å². The number of methoxy groups -OCH3 is 1. The quantitative estimate of drug-likeness (QED) is 0.797. The first-order valence-electron chi connectivity index (χ1n) is 4.61. The molecule has 84 valence electrons. The summed E-state index contributed by atoms with van der Waals surface area (Å²) in [4.78, 5) is 0. The summed E-state index contributed by atoms with van der Waals surface area (Å²) in [6.07, 6.45) is 0. The summed E-state index contributed by atoms with van der Waals surface area (Å²) >= 11 is 3.13. The van der Waals surface area contributed by atoms with Gasteiger partial charge in [-0.1, -0.05) is 20.8 Å². The second-order valence-corrected chi connectivity index (χ2v) is 5.21. The molecule has 1 rings (SSSR count). The number of nitrogens with two attached hydrogens (primary N) is 1. The zero-order chi connectivity index (χ0) is 11.8. The monoisotopic (exact) mass is 275 g/mol. The molecule has 1 aromatic rings. The van der Waals surface area contributed by atoms with Crippen molar-refractivity contribution in [1.82, 2.24) is 0 Å². The molecule has 0 amide bonds. The van der Waals surface area contributed by atoms with Gasteiger partial charge in [0.15, 0.2) is 11.6 Å². The number of hydrogen-bond acceptors (Lipinski definition) is 2. The Morgan fingerprint density at radius 2 is 1.93 bits per heavy atom. The van der Waals surface area contributed by atoms with Crippen LogP contribution < -0.4 is 10.5 Å². The highest BCUT2D eigenvalue weighted by Gasteiger charge is 2.23. The Morgan fingerprint density at radius 1 is 1.40 bits per heavy atom. The zero-order valence-corrected chi connectivity index (χ0v) is 10.9. The fourth-order valence-electron chi connectivity index (χ4n) is 1.39. The molecule has 1 aromatic carbocycles. The summed E-state index contributed by atoms with van der Waals surface area (Å²) in [7, 11) is 1.44. The molecule has 0 atom stereocenters. The molecule has 0 radical (unpaired) electrons. The van der Waals surface area contributed by atoms with E-state index in [2.05, 4.69) is 15.9 Å². The molecule has 0 unspecified atom stereocenters. The first-order valence-corrected chi connectivity index (χ1v) is 5.40. The largest absolute Gasteiger partial charge is 0.494 e. The van der Waals surface area contributed by atoms with Crippen LogP contribution in [-0.2, 0) is 5.41 Å². The van der Waals surface area contributed by atoms with E-state index in [9.17, 15) is 4.39 Å². The summed E-state index contributed by atoms with van der Waals surface area (Å²) < 4.78 is 18.8. The van der Waals surface area contributed by atoms with Crippen molar-refractivity contribution in [2.45, 2.75) is 26.2 Å². The van der Waals surface area contributed by atoms with Crippen molar-refractivity contribution in [2.75, 3.05) is 12.8 Å². The number of anilines is 1. The Labute approximate surface area is 97.7 Å². The van der Waals surface area contributed by atoms with Crippen molar-refractivity contribution in [2.24, 2.45) is 0 Å². The van der Waals surface area contributed by atoms with Crippen LogP contribution in [0.5, 0.6) is 5.75 Å². The SMILES string of the molecule is COc1cc(C(C)(C)C)c(N)c(Br)c1F. The minimum atomic E-state index is -0.456. The lowest BCUT2D eigenvalue weighted by atomic mass is 9.85. The molecule has 0 heterocycles. The molecule has 15 heavy (non-hydrogen) atoms. The van der Waals surface area contributed by atoms with Crippen LogP contribution in [0.1, 0.15) is 26.3 Å². The third-order valence-electron chi connectivity index (χ3n) is 2.24. The molecule has 0 aliphatic carbocycles. The van der Waals surface area contributed by atoms with Gasteiger partial charge in [0.05, 0.1) is 17.3 Å². The predicted molar refractivity (Wildman–Crippen MR) is 63.8 cm³/mol. The minimum absolute atomic E-state index is 0.145. The Morgan fingerprint density at radius 3 is 2.33 bits per heavy atom. The molecule has 0 saturated carbocycles. The van der Waals surface area contributed by atoms with Gasteiger partial charge in [-0.05, 0) is 33.0 Å². The van der Waals surface area contributed by atoms with Crippen molar-refractivity contribution < 1.29 is 9.13 Å². The predicted octanol–water partition coefficient (Wildman–Crippen LogP) is 3.48. The standard InChI is InChI=1S/C11H15BrFNO/c1-11(2,3)6-5-7(15-4)9(13)8(12)10(6)14/h5H,14H2,1-4H3. The summed E-state index contributed by atoms with van der Waals surface area (Å²) in [5.74, 6) is -0.246. The van der Waals surface area contributed by atoms with E-state index in [1.54, 1.807) is 6.07 Å². The second kappa shape index (κ2) is 4.00. The van der Waals surface area contributed by atoms with Gasteiger partial charge >= 0.3 is 0 Å². The van der Waals surface area contributed by atoms with E-state index in [4.69, 9.17) is 10.5 Å². The summed E-state index contributed by atoms with van der Waals surface area (Å²) in [6, 6.07) is 1.65. The Kier molecular flexibility index (Phi) is 3.28. The van der Waals surface area contributed by atoms with Gasteiger partial charge in [-0.15, -0.1) is 0 Å².